The Kier molecular flexibility index (Phi) is 4.20. The second kappa shape index (κ2) is 6.37. The quantitative estimate of drug-likeness (QED) is 0.840. The van der Waals surface area contributed by atoms with Gasteiger partial charge in [0.15, 0.2) is 0 Å². The molecule has 0 saturated carbocycles. The van der Waals surface area contributed by atoms with Crippen LogP contribution < -0.4 is 10.1 Å². The summed E-state index contributed by atoms with van der Waals surface area (Å²) in [5.74, 6) is 0.640. The van der Waals surface area contributed by atoms with Crippen molar-refractivity contribution in [1.29, 1.82) is 0 Å². The molecule has 5 heteroatoms. The average molecular weight is 347 g/mol. The fourth-order valence-corrected chi connectivity index (χ4v) is 4.01. The van der Waals surface area contributed by atoms with Gasteiger partial charge in [-0.3, -0.25) is 0 Å². The summed E-state index contributed by atoms with van der Waals surface area (Å²) < 4.78 is 45.9. The summed E-state index contributed by atoms with van der Waals surface area (Å²) in [7, 11) is 0. The number of alkyl halides is 3. The van der Waals surface area contributed by atoms with Gasteiger partial charge in [0, 0.05) is 12.1 Å². The van der Waals surface area contributed by atoms with Gasteiger partial charge in [-0.15, -0.1) is 0 Å². The van der Waals surface area contributed by atoms with Crippen molar-refractivity contribution in [3.05, 3.63) is 54.1 Å². The van der Waals surface area contributed by atoms with Crippen molar-refractivity contribution in [3.63, 3.8) is 0 Å². The first-order valence-electron chi connectivity index (χ1n) is 8.68. The smallest absolute Gasteiger partial charge is 0.417 e. The lowest BCUT2D eigenvalue weighted by Crippen LogP contribution is -2.42. The molecular formula is C20H20F3NO. The molecule has 0 aromatic heterocycles. The highest BCUT2D eigenvalue weighted by atomic mass is 19.4. The molecule has 0 amide bonds. The third-order valence-corrected chi connectivity index (χ3v) is 5.11. The summed E-state index contributed by atoms with van der Waals surface area (Å²) in [4.78, 5) is 0. The Labute approximate surface area is 145 Å². The minimum atomic E-state index is -4.37. The monoisotopic (exact) mass is 347 g/mol. The van der Waals surface area contributed by atoms with Gasteiger partial charge in [-0.2, -0.15) is 13.2 Å². The van der Waals surface area contributed by atoms with Gasteiger partial charge in [0.25, 0.3) is 0 Å². The summed E-state index contributed by atoms with van der Waals surface area (Å²) in [5.41, 5.74) is 0.0974. The van der Waals surface area contributed by atoms with E-state index in [1.165, 1.54) is 25.0 Å². The predicted molar refractivity (Wildman–Crippen MR) is 90.5 cm³/mol. The maximum Gasteiger partial charge on any atom is 0.417 e. The highest BCUT2D eigenvalue weighted by Crippen LogP contribution is 2.38. The van der Waals surface area contributed by atoms with Gasteiger partial charge in [0.05, 0.1) is 5.56 Å². The molecule has 0 aliphatic carbocycles. The van der Waals surface area contributed by atoms with Crippen molar-refractivity contribution in [3.8, 4) is 16.9 Å². The molecule has 2 atom stereocenters. The van der Waals surface area contributed by atoms with Crippen LogP contribution in [0.3, 0.4) is 0 Å². The van der Waals surface area contributed by atoms with Crippen LogP contribution in [0, 0.1) is 0 Å². The van der Waals surface area contributed by atoms with Gasteiger partial charge in [0.2, 0.25) is 0 Å². The van der Waals surface area contributed by atoms with E-state index >= 15 is 0 Å². The maximum absolute atomic E-state index is 13.3. The van der Waals surface area contributed by atoms with Crippen molar-refractivity contribution in [2.45, 2.75) is 50.0 Å². The molecule has 2 aromatic carbocycles. The molecule has 4 rings (SSSR count). The second-order valence-electron chi connectivity index (χ2n) is 6.92. The van der Waals surface area contributed by atoms with Crippen LogP contribution in [0.2, 0.25) is 0 Å². The minimum absolute atomic E-state index is 0.131. The van der Waals surface area contributed by atoms with Gasteiger partial charge >= 0.3 is 6.18 Å². The number of halogens is 3. The molecule has 0 spiro atoms. The molecule has 2 aliphatic rings. The van der Waals surface area contributed by atoms with E-state index in [1.54, 1.807) is 24.3 Å². The van der Waals surface area contributed by atoms with E-state index in [-0.39, 0.29) is 11.7 Å². The lowest BCUT2D eigenvalue weighted by atomic mass is 9.99. The lowest BCUT2D eigenvalue weighted by Gasteiger charge is -2.29. The molecule has 2 heterocycles. The second-order valence-corrected chi connectivity index (χ2v) is 6.92. The number of piperidine rings is 1. The summed E-state index contributed by atoms with van der Waals surface area (Å²) in [6, 6.07) is 13.7. The third-order valence-electron chi connectivity index (χ3n) is 5.11. The molecule has 2 saturated heterocycles. The van der Waals surface area contributed by atoms with Crippen molar-refractivity contribution >= 4 is 0 Å². The molecule has 0 radical (unpaired) electrons. The first-order valence-corrected chi connectivity index (χ1v) is 8.68. The molecule has 25 heavy (non-hydrogen) atoms. The molecule has 2 bridgehead atoms. The van der Waals surface area contributed by atoms with Gasteiger partial charge in [-0.05, 0) is 55.0 Å². The Balaban J connectivity index is 1.58. The van der Waals surface area contributed by atoms with Crippen molar-refractivity contribution in [2.75, 3.05) is 0 Å². The van der Waals surface area contributed by atoms with E-state index in [0.29, 0.717) is 23.4 Å². The van der Waals surface area contributed by atoms with Crippen molar-refractivity contribution in [2.24, 2.45) is 0 Å². The van der Waals surface area contributed by atoms with E-state index in [9.17, 15) is 13.2 Å². The van der Waals surface area contributed by atoms with Gasteiger partial charge < -0.3 is 10.1 Å². The third kappa shape index (κ3) is 3.52. The molecule has 2 fully saturated rings. The van der Waals surface area contributed by atoms with E-state index in [2.05, 4.69) is 5.32 Å². The first-order chi connectivity index (χ1) is 12.0. The number of hydrogen-bond donors (Lipinski definition) is 1. The van der Waals surface area contributed by atoms with Crippen LogP contribution in [0.4, 0.5) is 13.2 Å². The minimum Gasteiger partial charge on any atom is -0.490 e. The zero-order valence-corrected chi connectivity index (χ0v) is 13.7. The summed E-state index contributed by atoms with van der Waals surface area (Å²) >= 11 is 0. The van der Waals surface area contributed by atoms with E-state index in [0.717, 1.165) is 18.9 Å². The van der Waals surface area contributed by atoms with Crippen LogP contribution in [0.15, 0.2) is 48.5 Å². The fraction of sp³-hybridized carbons (Fsp3) is 0.400. The largest absolute Gasteiger partial charge is 0.490 e. The van der Waals surface area contributed by atoms with Crippen LogP contribution in [0.1, 0.15) is 31.2 Å². The van der Waals surface area contributed by atoms with E-state index in [1.807, 2.05) is 6.07 Å². The van der Waals surface area contributed by atoms with Crippen LogP contribution in [0.5, 0.6) is 5.75 Å². The van der Waals surface area contributed by atoms with Crippen molar-refractivity contribution in [1.82, 2.24) is 5.32 Å². The van der Waals surface area contributed by atoms with Crippen LogP contribution in [0.25, 0.3) is 11.1 Å². The standard InChI is InChI=1S/C20H20F3NO/c21-20(22,23)19-7-2-1-6-18(19)13-4-3-5-16(10-13)25-17-11-14-8-9-15(12-17)24-14/h1-7,10,14-15,17,24H,8-9,11-12H2. The number of hydrogen-bond acceptors (Lipinski definition) is 2. The lowest BCUT2D eigenvalue weighted by molar-refractivity contribution is -0.137. The number of rotatable bonds is 3. The van der Waals surface area contributed by atoms with Gasteiger partial charge in [0.1, 0.15) is 11.9 Å². The molecule has 1 N–H and O–H groups in total. The van der Waals surface area contributed by atoms with Crippen LogP contribution in [-0.4, -0.2) is 18.2 Å². The molecule has 2 unspecified atom stereocenters. The highest BCUT2D eigenvalue weighted by molar-refractivity contribution is 5.69. The Morgan fingerprint density at radius 3 is 2.36 bits per heavy atom. The number of benzene rings is 2. The number of ether oxygens (including phenoxy) is 1. The molecule has 2 aromatic rings. The Hall–Kier alpha value is -2.01. The zero-order chi connectivity index (χ0) is 17.4. The average Bonchev–Trinajstić information content (AvgIpc) is 2.93. The van der Waals surface area contributed by atoms with Gasteiger partial charge in [-0.1, -0.05) is 30.3 Å². The van der Waals surface area contributed by atoms with E-state index in [4.69, 9.17) is 4.74 Å². The number of fused-ring (bicyclic) bond motifs is 2. The summed E-state index contributed by atoms with van der Waals surface area (Å²) in [5, 5.41) is 3.56. The Morgan fingerprint density at radius 2 is 1.64 bits per heavy atom. The molecular weight excluding hydrogens is 327 g/mol. The molecule has 2 aliphatic heterocycles. The maximum atomic E-state index is 13.3. The van der Waals surface area contributed by atoms with Gasteiger partial charge in [-0.25, -0.2) is 0 Å². The van der Waals surface area contributed by atoms with Crippen molar-refractivity contribution < 1.29 is 17.9 Å². The molecule has 2 nitrogen and oxygen atoms in total. The SMILES string of the molecule is FC(F)(F)c1ccccc1-c1cccc(OC2CC3CCC(C2)N3)c1. The topological polar surface area (TPSA) is 21.3 Å². The Morgan fingerprint density at radius 1 is 0.920 bits per heavy atom. The summed E-state index contributed by atoms with van der Waals surface area (Å²) in [6.07, 6.45) is 0.0425. The fourth-order valence-electron chi connectivity index (χ4n) is 4.01. The zero-order valence-electron chi connectivity index (χ0n) is 13.7. The van der Waals surface area contributed by atoms with E-state index < -0.39 is 11.7 Å². The number of nitrogens with one attached hydrogen (secondary N) is 1. The first kappa shape index (κ1) is 16.5. The van der Waals surface area contributed by atoms with Crippen LogP contribution in [-0.2, 0) is 6.18 Å². The normalized spacial score (nSPS) is 25.8. The predicted octanol–water partition coefficient (Wildman–Crippen LogP) is 5.03. The molecule has 132 valence electrons. The summed E-state index contributed by atoms with van der Waals surface area (Å²) in [6.45, 7) is 0. The van der Waals surface area contributed by atoms with Crippen LogP contribution >= 0.6 is 0 Å². The Bertz CT molecular complexity index is 747. The highest BCUT2D eigenvalue weighted by Gasteiger charge is 2.35.